The van der Waals surface area contributed by atoms with Crippen LogP contribution < -0.4 is 5.32 Å². The Balaban J connectivity index is 1.43. The van der Waals surface area contributed by atoms with Gasteiger partial charge in [-0.25, -0.2) is 4.79 Å². The van der Waals surface area contributed by atoms with E-state index in [-0.39, 0.29) is 18.0 Å². The first kappa shape index (κ1) is 15.2. The minimum atomic E-state index is -0.485. The van der Waals surface area contributed by atoms with Crippen LogP contribution >= 0.6 is 0 Å². The molecule has 1 aromatic carbocycles. The fraction of sp³-hybridized carbons (Fsp3) is 0.444. The van der Waals surface area contributed by atoms with E-state index in [9.17, 15) is 9.59 Å². The van der Waals surface area contributed by atoms with E-state index in [0.29, 0.717) is 13.0 Å². The van der Waals surface area contributed by atoms with Gasteiger partial charge >= 0.3 is 6.03 Å². The molecule has 0 spiro atoms. The third-order valence-corrected chi connectivity index (χ3v) is 4.90. The first-order chi connectivity index (χ1) is 11.7. The quantitative estimate of drug-likeness (QED) is 0.827. The van der Waals surface area contributed by atoms with E-state index in [4.69, 9.17) is 4.74 Å². The van der Waals surface area contributed by atoms with Crippen molar-refractivity contribution in [2.75, 3.05) is 13.2 Å². The smallest absolute Gasteiger partial charge is 0.324 e. The Kier molecular flexibility index (Phi) is 3.98. The highest BCUT2D eigenvalue weighted by Gasteiger charge is 2.38. The van der Waals surface area contributed by atoms with E-state index in [0.717, 1.165) is 42.3 Å². The largest absolute Gasteiger partial charge is 0.378 e. The summed E-state index contributed by atoms with van der Waals surface area (Å²) in [5.41, 5.74) is 2.09. The van der Waals surface area contributed by atoms with Crippen molar-refractivity contribution < 1.29 is 14.3 Å². The summed E-state index contributed by atoms with van der Waals surface area (Å²) < 4.78 is 5.57. The lowest BCUT2D eigenvalue weighted by molar-refractivity contribution is -0.127. The lowest BCUT2D eigenvalue weighted by Crippen LogP contribution is -2.34. The van der Waals surface area contributed by atoms with Crippen LogP contribution in [0.25, 0.3) is 10.9 Å². The van der Waals surface area contributed by atoms with Crippen LogP contribution in [0.2, 0.25) is 0 Å². The van der Waals surface area contributed by atoms with Gasteiger partial charge in [0.25, 0.3) is 5.91 Å². The van der Waals surface area contributed by atoms with Gasteiger partial charge in [-0.1, -0.05) is 18.2 Å². The molecule has 2 atom stereocenters. The summed E-state index contributed by atoms with van der Waals surface area (Å²) in [6.07, 6.45) is 5.40. The van der Waals surface area contributed by atoms with Crippen LogP contribution in [-0.4, -0.2) is 47.1 Å². The van der Waals surface area contributed by atoms with Crippen LogP contribution in [0.3, 0.4) is 0 Å². The molecule has 2 aliphatic rings. The van der Waals surface area contributed by atoms with Gasteiger partial charge in [0.2, 0.25) is 0 Å². The lowest BCUT2D eigenvalue weighted by atomic mass is 10.0. The number of urea groups is 1. The molecule has 0 aliphatic carbocycles. The van der Waals surface area contributed by atoms with Gasteiger partial charge in [0.05, 0.1) is 6.10 Å². The number of hydrogen-bond donors (Lipinski definition) is 2. The molecule has 0 saturated carbocycles. The fourth-order valence-electron chi connectivity index (χ4n) is 3.59. The number of nitrogens with one attached hydrogen (secondary N) is 2. The van der Waals surface area contributed by atoms with Crippen molar-refractivity contribution in [3.05, 3.63) is 36.0 Å². The molecule has 2 fully saturated rings. The predicted molar refractivity (Wildman–Crippen MR) is 89.6 cm³/mol. The van der Waals surface area contributed by atoms with E-state index in [1.54, 1.807) is 0 Å². The second-order valence-corrected chi connectivity index (χ2v) is 6.48. The minimum Gasteiger partial charge on any atom is -0.378 e. The van der Waals surface area contributed by atoms with Crippen molar-refractivity contribution in [3.8, 4) is 0 Å². The zero-order valence-corrected chi connectivity index (χ0v) is 13.5. The van der Waals surface area contributed by atoms with Crippen LogP contribution in [-0.2, 0) is 16.0 Å². The number of H-pyrrole nitrogens is 1. The third kappa shape index (κ3) is 2.78. The van der Waals surface area contributed by atoms with Crippen molar-refractivity contribution in [2.45, 2.75) is 37.8 Å². The fourth-order valence-corrected chi connectivity index (χ4v) is 3.59. The predicted octanol–water partition coefficient (Wildman–Crippen LogP) is 2.20. The Morgan fingerprint density at radius 3 is 2.96 bits per heavy atom. The molecule has 6 heteroatoms. The van der Waals surface area contributed by atoms with Gasteiger partial charge in [-0.3, -0.25) is 9.69 Å². The van der Waals surface area contributed by atoms with E-state index < -0.39 is 6.04 Å². The molecule has 4 rings (SSSR count). The lowest BCUT2D eigenvalue weighted by Gasteiger charge is -2.15. The van der Waals surface area contributed by atoms with Gasteiger partial charge < -0.3 is 15.0 Å². The molecule has 24 heavy (non-hydrogen) atoms. The number of hydrogen-bond acceptors (Lipinski definition) is 3. The number of aromatic amines is 1. The summed E-state index contributed by atoms with van der Waals surface area (Å²) in [5, 5.41) is 3.91. The molecule has 1 aromatic heterocycles. The van der Waals surface area contributed by atoms with E-state index in [1.807, 2.05) is 30.5 Å². The highest BCUT2D eigenvalue weighted by molar-refractivity contribution is 6.04. The van der Waals surface area contributed by atoms with Gasteiger partial charge in [-0.15, -0.1) is 0 Å². The Bertz CT molecular complexity index is 764. The van der Waals surface area contributed by atoms with Crippen LogP contribution in [0.5, 0.6) is 0 Å². The molecule has 2 aromatic rings. The summed E-state index contributed by atoms with van der Waals surface area (Å²) in [6.45, 7) is 1.22. The van der Waals surface area contributed by atoms with Gasteiger partial charge in [0.15, 0.2) is 0 Å². The number of rotatable bonds is 5. The Labute approximate surface area is 140 Å². The first-order valence-corrected chi connectivity index (χ1v) is 8.51. The normalized spacial score (nSPS) is 24.1. The molecule has 6 nitrogen and oxygen atoms in total. The number of aromatic nitrogens is 1. The molecule has 2 saturated heterocycles. The molecule has 3 heterocycles. The topological polar surface area (TPSA) is 74.4 Å². The average molecular weight is 327 g/mol. The van der Waals surface area contributed by atoms with Gasteiger partial charge in [0.1, 0.15) is 6.04 Å². The third-order valence-electron chi connectivity index (χ3n) is 4.90. The van der Waals surface area contributed by atoms with Crippen LogP contribution in [0.4, 0.5) is 4.79 Å². The number of nitrogens with zero attached hydrogens (tertiary/aromatic N) is 1. The number of benzene rings is 1. The van der Waals surface area contributed by atoms with Crippen molar-refractivity contribution in [1.29, 1.82) is 0 Å². The minimum absolute atomic E-state index is 0.136. The van der Waals surface area contributed by atoms with Crippen molar-refractivity contribution in [3.63, 3.8) is 0 Å². The highest BCUT2D eigenvalue weighted by atomic mass is 16.5. The summed E-state index contributed by atoms with van der Waals surface area (Å²) in [4.78, 5) is 29.3. The van der Waals surface area contributed by atoms with Crippen LogP contribution in [0, 0.1) is 0 Å². The zero-order chi connectivity index (χ0) is 16.5. The average Bonchev–Trinajstić information content (AvgIpc) is 3.29. The van der Waals surface area contributed by atoms with Crippen molar-refractivity contribution in [2.24, 2.45) is 0 Å². The number of ether oxygens (including phenoxy) is 1. The molecule has 0 bridgehead atoms. The summed E-state index contributed by atoms with van der Waals surface area (Å²) >= 11 is 0. The Morgan fingerprint density at radius 2 is 2.12 bits per heavy atom. The Morgan fingerprint density at radius 1 is 1.25 bits per heavy atom. The van der Waals surface area contributed by atoms with Crippen LogP contribution in [0.1, 0.15) is 24.8 Å². The second kappa shape index (κ2) is 6.28. The maximum Gasteiger partial charge on any atom is 0.324 e. The molecular weight excluding hydrogens is 306 g/mol. The first-order valence-electron chi connectivity index (χ1n) is 8.51. The van der Waals surface area contributed by atoms with Gasteiger partial charge in [0, 0.05) is 36.7 Å². The van der Waals surface area contributed by atoms with Crippen LogP contribution in [0.15, 0.2) is 30.5 Å². The van der Waals surface area contributed by atoms with Crippen molar-refractivity contribution in [1.82, 2.24) is 15.2 Å². The Hall–Kier alpha value is -2.34. The van der Waals surface area contributed by atoms with Gasteiger partial charge in [-0.05, 0) is 30.9 Å². The highest BCUT2D eigenvalue weighted by Crippen LogP contribution is 2.22. The van der Waals surface area contributed by atoms with Gasteiger partial charge in [-0.2, -0.15) is 0 Å². The molecule has 0 unspecified atom stereocenters. The second-order valence-electron chi connectivity index (χ2n) is 6.48. The number of amides is 3. The standard InChI is InChI=1S/C18H21N3O3/c22-17-16(10-12-11-19-15-6-2-1-5-14(12)15)20-18(23)21(17)8-7-13-4-3-9-24-13/h1-2,5-6,11,13,16,19H,3-4,7-10H2,(H,20,23)/t13-,16+/m1/s1. The monoisotopic (exact) mass is 327 g/mol. The maximum atomic E-state index is 12.6. The number of fused-ring (bicyclic) bond motifs is 1. The molecule has 3 amide bonds. The number of imide groups is 1. The zero-order valence-electron chi connectivity index (χ0n) is 13.5. The summed E-state index contributed by atoms with van der Waals surface area (Å²) in [5.74, 6) is -0.136. The van der Waals surface area contributed by atoms with E-state index in [1.165, 1.54) is 4.90 Å². The molecule has 0 radical (unpaired) electrons. The molecule has 2 aliphatic heterocycles. The molecule has 126 valence electrons. The molecular formula is C18H21N3O3. The number of carbonyl (C=O) groups excluding carboxylic acids is 2. The van der Waals surface area contributed by atoms with E-state index in [2.05, 4.69) is 10.3 Å². The summed E-state index contributed by atoms with van der Waals surface area (Å²) in [7, 11) is 0. The van der Waals surface area contributed by atoms with E-state index >= 15 is 0 Å². The SMILES string of the molecule is O=C1N[C@@H](Cc2c[nH]c3ccccc23)C(=O)N1CC[C@H]1CCCO1. The summed E-state index contributed by atoms with van der Waals surface area (Å²) in [6, 6.07) is 7.20. The molecule has 2 N–H and O–H groups in total. The van der Waals surface area contributed by atoms with Crippen molar-refractivity contribution >= 4 is 22.8 Å². The number of para-hydroxylation sites is 1. The number of carbonyl (C=O) groups is 2. The maximum absolute atomic E-state index is 12.6.